The Bertz CT molecular complexity index is 558. The fourth-order valence-corrected chi connectivity index (χ4v) is 4.07. The minimum Gasteiger partial charge on any atom is -0.391 e. The van der Waals surface area contributed by atoms with Crippen LogP contribution in [0.15, 0.2) is 26.0 Å². The van der Waals surface area contributed by atoms with Crippen molar-refractivity contribution < 1.29 is 13.5 Å². The molecular weight excluding hydrogens is 398 g/mol. The van der Waals surface area contributed by atoms with Crippen molar-refractivity contribution in [2.24, 2.45) is 5.92 Å². The molecule has 0 fully saturated rings. The first-order chi connectivity index (χ1) is 8.65. The van der Waals surface area contributed by atoms with Gasteiger partial charge in [0.15, 0.2) is 0 Å². The summed E-state index contributed by atoms with van der Waals surface area (Å²) in [6.45, 7) is 5.54. The van der Waals surface area contributed by atoms with Crippen molar-refractivity contribution in [3.05, 3.63) is 26.6 Å². The molecule has 0 saturated heterocycles. The summed E-state index contributed by atoms with van der Waals surface area (Å²) in [7, 11) is -3.65. The number of hydrogen-bond donors (Lipinski definition) is 2. The quantitative estimate of drug-likeness (QED) is 0.778. The number of hydrogen-bond acceptors (Lipinski definition) is 3. The predicted molar refractivity (Wildman–Crippen MR) is 82.6 cm³/mol. The van der Waals surface area contributed by atoms with Crippen LogP contribution in [-0.2, 0) is 10.0 Å². The second-order valence-electron chi connectivity index (χ2n) is 4.70. The van der Waals surface area contributed by atoms with Gasteiger partial charge in [-0.2, -0.15) is 0 Å². The minimum absolute atomic E-state index is 0.00205. The number of benzene rings is 1. The second kappa shape index (κ2) is 6.67. The van der Waals surface area contributed by atoms with Crippen LogP contribution in [0.2, 0.25) is 0 Å². The van der Waals surface area contributed by atoms with Crippen molar-refractivity contribution in [1.29, 1.82) is 0 Å². The summed E-state index contributed by atoms with van der Waals surface area (Å²) < 4.78 is 28.0. The van der Waals surface area contributed by atoms with Gasteiger partial charge in [0, 0.05) is 15.5 Å². The van der Waals surface area contributed by atoms with E-state index in [2.05, 4.69) is 36.6 Å². The van der Waals surface area contributed by atoms with Crippen LogP contribution in [0.3, 0.4) is 0 Å². The lowest BCUT2D eigenvalue weighted by Gasteiger charge is -2.16. The number of sulfonamides is 1. The molecule has 0 aromatic heterocycles. The van der Waals surface area contributed by atoms with Crippen LogP contribution >= 0.6 is 31.9 Å². The summed E-state index contributed by atoms with van der Waals surface area (Å²) in [5.74, 6) is -0.00380. The van der Waals surface area contributed by atoms with Crippen molar-refractivity contribution in [1.82, 2.24) is 4.72 Å². The van der Waals surface area contributed by atoms with Gasteiger partial charge in [0.1, 0.15) is 0 Å². The molecule has 1 aromatic carbocycles. The summed E-state index contributed by atoms with van der Waals surface area (Å²) in [5.41, 5.74) is 0.938. The van der Waals surface area contributed by atoms with E-state index in [0.717, 1.165) is 10.0 Å². The third kappa shape index (κ3) is 4.53. The van der Waals surface area contributed by atoms with Gasteiger partial charge in [0.2, 0.25) is 10.0 Å². The van der Waals surface area contributed by atoms with Gasteiger partial charge in [-0.15, -0.1) is 0 Å². The highest BCUT2D eigenvalue weighted by Crippen LogP contribution is 2.28. The molecular formula is C12H17Br2NO3S. The maximum Gasteiger partial charge on any atom is 0.241 e. The molecule has 19 heavy (non-hydrogen) atoms. The summed E-state index contributed by atoms with van der Waals surface area (Å²) in [6.07, 6.45) is -0.706. The Hall–Kier alpha value is 0.0500. The van der Waals surface area contributed by atoms with Gasteiger partial charge in [0.25, 0.3) is 0 Å². The van der Waals surface area contributed by atoms with E-state index in [1.807, 2.05) is 20.8 Å². The molecule has 0 saturated carbocycles. The molecule has 0 bridgehead atoms. The molecule has 0 aliphatic carbocycles. The highest BCUT2D eigenvalue weighted by Gasteiger charge is 2.20. The molecule has 1 unspecified atom stereocenters. The first kappa shape index (κ1) is 17.1. The Labute approximate surface area is 130 Å². The largest absolute Gasteiger partial charge is 0.391 e. The van der Waals surface area contributed by atoms with Crippen LogP contribution in [0.4, 0.5) is 0 Å². The van der Waals surface area contributed by atoms with Crippen molar-refractivity contribution in [3.8, 4) is 0 Å². The van der Waals surface area contributed by atoms with E-state index < -0.39 is 16.1 Å². The van der Waals surface area contributed by atoms with Crippen molar-refractivity contribution >= 4 is 41.9 Å². The second-order valence-corrected chi connectivity index (χ2v) is 8.14. The number of aryl methyl sites for hydroxylation is 1. The summed E-state index contributed by atoms with van der Waals surface area (Å²) in [4.78, 5) is 0.154. The van der Waals surface area contributed by atoms with E-state index in [9.17, 15) is 13.5 Å². The Balaban J connectivity index is 2.98. The Morgan fingerprint density at radius 3 is 2.37 bits per heavy atom. The van der Waals surface area contributed by atoms with E-state index in [1.165, 1.54) is 0 Å². The lowest BCUT2D eigenvalue weighted by molar-refractivity contribution is 0.129. The summed E-state index contributed by atoms with van der Waals surface area (Å²) in [6, 6.07) is 3.28. The topological polar surface area (TPSA) is 66.4 Å². The van der Waals surface area contributed by atoms with Crippen molar-refractivity contribution in [2.45, 2.75) is 31.8 Å². The van der Waals surface area contributed by atoms with E-state index >= 15 is 0 Å². The molecule has 0 aliphatic rings. The molecule has 0 aliphatic heterocycles. The lowest BCUT2D eigenvalue weighted by Crippen LogP contribution is -2.34. The van der Waals surface area contributed by atoms with Gasteiger partial charge >= 0.3 is 0 Å². The van der Waals surface area contributed by atoms with Crippen LogP contribution in [0, 0.1) is 12.8 Å². The molecule has 1 rings (SSSR count). The molecule has 1 aromatic rings. The summed E-state index contributed by atoms with van der Waals surface area (Å²) in [5, 5.41) is 9.66. The highest BCUT2D eigenvalue weighted by atomic mass is 79.9. The van der Waals surface area contributed by atoms with E-state index in [4.69, 9.17) is 0 Å². The number of aliphatic hydroxyl groups is 1. The van der Waals surface area contributed by atoms with Crippen LogP contribution in [-0.4, -0.2) is 26.2 Å². The standard InChI is InChI=1S/C12H17Br2NO3S/c1-7(2)11(16)6-15-19(17,18)12-5-9(13)8(3)4-10(12)14/h4-5,7,11,15-16H,6H2,1-3H3. The molecule has 108 valence electrons. The molecule has 0 heterocycles. The smallest absolute Gasteiger partial charge is 0.241 e. The fourth-order valence-electron chi connectivity index (χ4n) is 1.34. The third-order valence-electron chi connectivity index (χ3n) is 2.75. The molecule has 0 radical (unpaired) electrons. The van der Waals surface area contributed by atoms with E-state index in [-0.39, 0.29) is 17.4 Å². The molecule has 7 heteroatoms. The third-order valence-corrected chi connectivity index (χ3v) is 5.99. The zero-order valence-electron chi connectivity index (χ0n) is 10.9. The fraction of sp³-hybridized carbons (Fsp3) is 0.500. The van der Waals surface area contributed by atoms with E-state index in [1.54, 1.807) is 12.1 Å². The normalized spacial score (nSPS) is 13.8. The Morgan fingerprint density at radius 2 is 1.84 bits per heavy atom. The van der Waals surface area contributed by atoms with Gasteiger partial charge in [-0.3, -0.25) is 0 Å². The number of aliphatic hydroxyl groups excluding tert-OH is 1. The van der Waals surface area contributed by atoms with Gasteiger partial charge in [-0.05, 0) is 46.5 Å². The van der Waals surface area contributed by atoms with Crippen molar-refractivity contribution in [2.75, 3.05) is 6.54 Å². The average Bonchev–Trinajstić information content (AvgIpc) is 2.30. The highest BCUT2D eigenvalue weighted by molar-refractivity contribution is 9.11. The van der Waals surface area contributed by atoms with E-state index in [0.29, 0.717) is 4.47 Å². The first-order valence-electron chi connectivity index (χ1n) is 5.78. The van der Waals surface area contributed by atoms with Gasteiger partial charge in [0.05, 0.1) is 11.0 Å². The number of nitrogens with one attached hydrogen (secondary N) is 1. The number of rotatable bonds is 5. The SMILES string of the molecule is Cc1cc(Br)c(S(=O)(=O)NCC(O)C(C)C)cc1Br. The Morgan fingerprint density at radius 1 is 1.26 bits per heavy atom. The van der Waals surface area contributed by atoms with Gasteiger partial charge < -0.3 is 5.11 Å². The van der Waals surface area contributed by atoms with Crippen molar-refractivity contribution in [3.63, 3.8) is 0 Å². The number of halogens is 2. The maximum absolute atomic E-state index is 12.2. The predicted octanol–water partition coefficient (Wildman–Crippen LogP) is 2.82. The first-order valence-corrected chi connectivity index (χ1v) is 8.85. The minimum atomic E-state index is -3.65. The molecule has 4 nitrogen and oxygen atoms in total. The zero-order valence-corrected chi connectivity index (χ0v) is 14.9. The monoisotopic (exact) mass is 413 g/mol. The zero-order chi connectivity index (χ0) is 14.8. The van der Waals surface area contributed by atoms with Crippen LogP contribution in [0.25, 0.3) is 0 Å². The van der Waals surface area contributed by atoms with Gasteiger partial charge in [-0.1, -0.05) is 29.8 Å². The van der Waals surface area contributed by atoms with Crippen LogP contribution < -0.4 is 4.72 Å². The average molecular weight is 415 g/mol. The van der Waals surface area contributed by atoms with Crippen LogP contribution in [0.1, 0.15) is 19.4 Å². The molecule has 2 N–H and O–H groups in total. The lowest BCUT2D eigenvalue weighted by atomic mass is 10.1. The van der Waals surface area contributed by atoms with Crippen LogP contribution in [0.5, 0.6) is 0 Å². The Kier molecular flexibility index (Phi) is 6.00. The molecule has 1 atom stereocenters. The van der Waals surface area contributed by atoms with Gasteiger partial charge in [-0.25, -0.2) is 13.1 Å². The maximum atomic E-state index is 12.2. The molecule has 0 amide bonds. The summed E-state index contributed by atoms with van der Waals surface area (Å²) >= 11 is 6.56. The molecule has 0 spiro atoms.